The maximum absolute atomic E-state index is 13.4. The lowest BCUT2D eigenvalue weighted by Crippen LogP contribution is -2.33. The molecule has 3 N–H and O–H groups in total. The molecule has 2 aliphatic carbocycles. The summed E-state index contributed by atoms with van der Waals surface area (Å²) < 4.78 is 0. The number of hydrogen-bond donors (Lipinski definition) is 3. The minimum Gasteiger partial charge on any atom is -0.356 e. The third-order valence-electron chi connectivity index (χ3n) is 12.6. The van der Waals surface area contributed by atoms with Crippen LogP contribution in [0.2, 0.25) is 0 Å². The van der Waals surface area contributed by atoms with Gasteiger partial charge in [-0.1, -0.05) is 131 Å². The minimum atomic E-state index is -0.461. The average molecular weight is 878 g/mol. The van der Waals surface area contributed by atoms with Gasteiger partial charge in [-0.3, -0.25) is 19.2 Å². The average Bonchev–Trinajstić information content (AvgIpc) is 3.21. The topological polar surface area (TPSA) is 104 Å². The fraction of sp³-hybridized carbons (Fsp3) is 0.579. The lowest BCUT2D eigenvalue weighted by molar-refractivity contribution is -0.128. The molecule has 2 aliphatic rings. The molecular weight excluding hydrogens is 791 g/mol. The second-order valence-electron chi connectivity index (χ2n) is 19.8. The van der Waals surface area contributed by atoms with E-state index in [1.54, 1.807) is 12.2 Å². The largest absolute Gasteiger partial charge is 0.356 e. The van der Waals surface area contributed by atoms with Gasteiger partial charge in [0, 0.05) is 44.5 Å². The van der Waals surface area contributed by atoms with E-state index >= 15 is 0 Å². The molecule has 0 heterocycles. The van der Waals surface area contributed by atoms with Crippen molar-refractivity contribution in [3.05, 3.63) is 117 Å². The summed E-state index contributed by atoms with van der Waals surface area (Å²) in [5.74, 6) is -0.700. The highest BCUT2D eigenvalue weighted by Gasteiger charge is 2.27. The van der Waals surface area contributed by atoms with E-state index in [1.807, 2.05) is 38.2 Å². The van der Waals surface area contributed by atoms with Crippen molar-refractivity contribution < 1.29 is 19.2 Å². The first-order chi connectivity index (χ1) is 30.3. The summed E-state index contributed by atoms with van der Waals surface area (Å²) in [7, 11) is 0. The van der Waals surface area contributed by atoms with Crippen molar-refractivity contribution in [2.24, 2.45) is 16.7 Å². The number of carbonyl (C=O) groups is 4. The molecule has 354 valence electrons. The van der Waals surface area contributed by atoms with Gasteiger partial charge < -0.3 is 16.0 Å². The lowest BCUT2D eigenvalue weighted by atomic mass is 9.72. The Labute approximate surface area is 390 Å². The molecule has 0 radical (unpaired) electrons. The molecule has 2 rings (SSSR count). The van der Waals surface area contributed by atoms with Gasteiger partial charge in [-0.15, -0.1) is 0 Å². The number of carbonyl (C=O) groups excluding carboxylic acids is 4. The van der Waals surface area contributed by atoms with E-state index in [0.29, 0.717) is 45.3 Å². The highest BCUT2D eigenvalue weighted by molar-refractivity contribution is 5.94. The highest BCUT2D eigenvalue weighted by Crippen LogP contribution is 2.42. The molecule has 3 amide bonds. The second-order valence-corrected chi connectivity index (χ2v) is 19.8. The van der Waals surface area contributed by atoms with Crippen LogP contribution in [-0.2, 0) is 19.2 Å². The molecule has 0 aromatic rings. The van der Waals surface area contributed by atoms with Crippen LogP contribution >= 0.6 is 0 Å². The highest BCUT2D eigenvalue weighted by atomic mass is 16.2. The smallest absolute Gasteiger partial charge is 0.244 e. The van der Waals surface area contributed by atoms with E-state index in [4.69, 9.17) is 0 Å². The molecule has 64 heavy (non-hydrogen) atoms. The van der Waals surface area contributed by atoms with E-state index in [-0.39, 0.29) is 40.8 Å². The Kier molecular flexibility index (Phi) is 25.9. The van der Waals surface area contributed by atoms with E-state index in [0.717, 1.165) is 60.8 Å². The third kappa shape index (κ3) is 22.9. The van der Waals surface area contributed by atoms with Crippen molar-refractivity contribution in [2.45, 2.75) is 179 Å². The molecule has 0 fully saturated rings. The van der Waals surface area contributed by atoms with Gasteiger partial charge >= 0.3 is 0 Å². The molecule has 1 atom stereocenters. The Morgan fingerprint density at radius 1 is 0.609 bits per heavy atom. The van der Waals surface area contributed by atoms with Gasteiger partial charge in [0.05, 0.1) is 0 Å². The van der Waals surface area contributed by atoms with Crippen LogP contribution in [0, 0.1) is 16.7 Å². The summed E-state index contributed by atoms with van der Waals surface area (Å²) in [6, 6.07) is 0. The zero-order chi connectivity index (χ0) is 47.5. The molecule has 0 aromatic carbocycles. The monoisotopic (exact) mass is 878 g/mol. The van der Waals surface area contributed by atoms with Crippen molar-refractivity contribution in [2.75, 3.05) is 19.6 Å². The van der Waals surface area contributed by atoms with Crippen LogP contribution in [0.5, 0.6) is 0 Å². The van der Waals surface area contributed by atoms with Gasteiger partial charge in [-0.2, -0.15) is 0 Å². The van der Waals surface area contributed by atoms with Gasteiger partial charge in [-0.25, -0.2) is 0 Å². The minimum absolute atomic E-state index is 0.0765. The maximum atomic E-state index is 13.4. The van der Waals surface area contributed by atoms with E-state index in [1.165, 1.54) is 54.4 Å². The predicted molar refractivity (Wildman–Crippen MR) is 272 cm³/mol. The summed E-state index contributed by atoms with van der Waals surface area (Å²) in [6.45, 7) is 25.5. The Balaban J connectivity index is 1.95. The molecule has 7 nitrogen and oxygen atoms in total. The number of rotatable bonds is 27. The molecule has 7 heteroatoms. The van der Waals surface area contributed by atoms with E-state index in [2.05, 4.69) is 115 Å². The molecule has 0 aromatic heterocycles. The number of unbranched alkanes of at least 4 members (excludes halogenated alkanes) is 4. The fourth-order valence-electron chi connectivity index (χ4n) is 8.66. The van der Waals surface area contributed by atoms with Crippen molar-refractivity contribution in [3.8, 4) is 0 Å². The summed E-state index contributed by atoms with van der Waals surface area (Å²) in [4.78, 5) is 51.3. The molecule has 0 spiro atoms. The van der Waals surface area contributed by atoms with E-state index in [9.17, 15) is 19.2 Å². The first-order valence-corrected chi connectivity index (χ1v) is 24.5. The number of amides is 3. The quantitative estimate of drug-likeness (QED) is 0.0434. The van der Waals surface area contributed by atoms with Crippen LogP contribution in [0.15, 0.2) is 117 Å². The van der Waals surface area contributed by atoms with Gasteiger partial charge in [0.25, 0.3) is 0 Å². The van der Waals surface area contributed by atoms with Crippen molar-refractivity contribution in [1.29, 1.82) is 0 Å². The number of nitrogens with one attached hydrogen (secondary N) is 3. The van der Waals surface area contributed by atoms with Crippen LogP contribution in [0.4, 0.5) is 0 Å². The van der Waals surface area contributed by atoms with Gasteiger partial charge in [0.2, 0.25) is 17.7 Å². The lowest BCUT2D eigenvalue weighted by Gasteiger charge is -2.33. The van der Waals surface area contributed by atoms with Crippen LogP contribution in [0.3, 0.4) is 0 Å². The van der Waals surface area contributed by atoms with E-state index < -0.39 is 5.92 Å². The summed E-state index contributed by atoms with van der Waals surface area (Å²) in [5.41, 5.74) is 10.2. The molecule has 0 bridgehead atoms. The molecule has 0 saturated carbocycles. The van der Waals surface area contributed by atoms with Gasteiger partial charge in [0.1, 0.15) is 0 Å². The Morgan fingerprint density at radius 2 is 1.11 bits per heavy atom. The van der Waals surface area contributed by atoms with Crippen molar-refractivity contribution in [3.63, 3.8) is 0 Å². The second kappa shape index (κ2) is 29.8. The maximum Gasteiger partial charge on any atom is 0.244 e. The van der Waals surface area contributed by atoms with Crippen molar-refractivity contribution in [1.82, 2.24) is 16.0 Å². The molecule has 0 aliphatic heterocycles. The van der Waals surface area contributed by atoms with Crippen LogP contribution in [0.1, 0.15) is 179 Å². The van der Waals surface area contributed by atoms with Gasteiger partial charge in [-0.05, 0) is 158 Å². The van der Waals surface area contributed by atoms with Crippen LogP contribution in [-0.4, -0.2) is 43.1 Å². The predicted octanol–water partition coefficient (Wildman–Crippen LogP) is 13.5. The first-order valence-electron chi connectivity index (χ1n) is 24.5. The van der Waals surface area contributed by atoms with Crippen LogP contribution in [0.25, 0.3) is 0 Å². The Morgan fingerprint density at radius 3 is 1.64 bits per heavy atom. The molecule has 1 unspecified atom stereocenters. The normalized spacial score (nSPS) is 18.2. The SMILES string of the molecule is CCCCC(=O)NCCCCCNC(=O)C(CCCCNC(=O)/C=C(C)/C=C/C=C(C)/C=C/C1=C(C)CCCC1(C)C)CC(=O)/C=C(C)/C=C/C=C(C)/C=C/C1=C(C)CCCC1(C)C. The number of allylic oxidation sites excluding steroid dienone is 19. The molecular formula is C57H87N3O4. The summed E-state index contributed by atoms with van der Waals surface area (Å²) in [5, 5.41) is 9.02. The fourth-order valence-corrected chi connectivity index (χ4v) is 8.66. The summed E-state index contributed by atoms with van der Waals surface area (Å²) in [6.07, 6.45) is 38.4. The standard InChI is InChI=1S/C57H87N3O4/c1-12-13-30-53(62)58-37-16-14-17-39-60-55(64)49(42-50(61)40-45(4)25-19-23-43(2)31-33-51-47(6)27-21-35-56(51,8)9)29-15-18-38-59-54(63)41-46(5)26-20-24-44(3)32-34-52-48(7)28-22-36-57(52,10)11/h19-20,23-26,31-34,40-41,49H,12-18,21-22,27-30,35-39,42H2,1-11H3,(H,58,62)(H,59,63)(H,60,64)/b25-19+,26-20+,33-31+,34-32+,43-23+,44-24+,45-40+,46-41+. The third-order valence-corrected chi connectivity index (χ3v) is 12.6. The molecule has 0 saturated heterocycles. The Bertz CT molecular complexity index is 1870. The summed E-state index contributed by atoms with van der Waals surface area (Å²) >= 11 is 0. The first kappa shape index (κ1) is 55.6. The van der Waals surface area contributed by atoms with Gasteiger partial charge in [0.15, 0.2) is 5.78 Å². The number of hydrogen-bond acceptors (Lipinski definition) is 4. The van der Waals surface area contributed by atoms with Crippen LogP contribution < -0.4 is 16.0 Å². The number of ketones is 1. The van der Waals surface area contributed by atoms with Crippen molar-refractivity contribution >= 4 is 23.5 Å². The zero-order valence-corrected chi connectivity index (χ0v) is 42.1. The zero-order valence-electron chi connectivity index (χ0n) is 42.1. The Hall–Kier alpha value is -4.52.